The zero-order valence-electron chi connectivity index (χ0n) is 11.8. The van der Waals surface area contributed by atoms with Gasteiger partial charge in [-0.15, -0.1) is 0 Å². The van der Waals surface area contributed by atoms with E-state index < -0.39 is 0 Å². The number of benzene rings is 1. The molecule has 0 spiro atoms. The topological polar surface area (TPSA) is 49.4 Å². The first-order chi connectivity index (χ1) is 10.1. The van der Waals surface area contributed by atoms with Crippen molar-refractivity contribution in [2.75, 3.05) is 6.54 Å². The van der Waals surface area contributed by atoms with Gasteiger partial charge in [0.2, 0.25) is 11.8 Å². The first-order valence-corrected chi connectivity index (χ1v) is 7.83. The third-order valence-corrected chi connectivity index (χ3v) is 4.39. The lowest BCUT2D eigenvalue weighted by atomic mass is 9.96. The van der Waals surface area contributed by atoms with Gasteiger partial charge < -0.3 is 10.2 Å². The van der Waals surface area contributed by atoms with E-state index in [0.717, 1.165) is 18.4 Å². The molecule has 1 atom stereocenters. The third-order valence-electron chi connectivity index (χ3n) is 4.16. The van der Waals surface area contributed by atoms with Crippen LogP contribution < -0.4 is 5.32 Å². The van der Waals surface area contributed by atoms with Gasteiger partial charge in [-0.05, 0) is 37.0 Å². The van der Waals surface area contributed by atoms with Gasteiger partial charge in [0.25, 0.3) is 0 Å². The zero-order chi connectivity index (χ0) is 14.8. The average Bonchev–Trinajstić information content (AvgIpc) is 3.30. The first kappa shape index (κ1) is 14.4. The molecule has 1 aromatic rings. The summed E-state index contributed by atoms with van der Waals surface area (Å²) >= 11 is 5.93. The quantitative estimate of drug-likeness (QED) is 0.928. The zero-order valence-corrected chi connectivity index (χ0v) is 12.6. The Labute approximate surface area is 129 Å². The molecule has 21 heavy (non-hydrogen) atoms. The van der Waals surface area contributed by atoms with Crippen LogP contribution in [-0.2, 0) is 16.1 Å². The number of carbonyl (C=O) groups excluding carboxylic acids is 2. The second-order valence-corrected chi connectivity index (χ2v) is 6.30. The van der Waals surface area contributed by atoms with Crippen molar-refractivity contribution in [3.05, 3.63) is 34.9 Å². The molecule has 0 unspecified atom stereocenters. The van der Waals surface area contributed by atoms with E-state index in [0.29, 0.717) is 37.0 Å². The number of nitrogens with zero attached hydrogens (tertiary/aromatic N) is 1. The molecule has 1 N–H and O–H groups in total. The molecule has 1 saturated heterocycles. The number of amides is 2. The lowest BCUT2D eigenvalue weighted by Gasteiger charge is -2.32. The van der Waals surface area contributed by atoms with E-state index in [9.17, 15) is 9.59 Å². The van der Waals surface area contributed by atoms with Crippen molar-refractivity contribution in [2.24, 2.45) is 5.92 Å². The monoisotopic (exact) mass is 306 g/mol. The number of carbonyl (C=O) groups is 2. The Balaban J connectivity index is 1.54. The summed E-state index contributed by atoms with van der Waals surface area (Å²) in [5.41, 5.74) is 0.988. The number of halogens is 1. The van der Waals surface area contributed by atoms with E-state index in [1.807, 2.05) is 29.2 Å². The predicted molar refractivity (Wildman–Crippen MR) is 80.8 cm³/mol. The highest BCUT2D eigenvalue weighted by Crippen LogP contribution is 2.31. The lowest BCUT2D eigenvalue weighted by Crippen LogP contribution is -2.46. The molecule has 4 nitrogen and oxygen atoms in total. The van der Waals surface area contributed by atoms with Crippen molar-refractivity contribution in [1.29, 1.82) is 0 Å². The summed E-state index contributed by atoms with van der Waals surface area (Å²) < 4.78 is 0. The maximum Gasteiger partial charge on any atom is 0.225 e. The minimum atomic E-state index is -0.0810. The van der Waals surface area contributed by atoms with Gasteiger partial charge in [-0.3, -0.25) is 9.59 Å². The van der Waals surface area contributed by atoms with Crippen LogP contribution >= 0.6 is 11.6 Å². The molecule has 0 aromatic heterocycles. The number of likely N-dealkylation sites (tertiary alicyclic amines) is 1. The number of piperidine rings is 1. The fourth-order valence-electron chi connectivity index (χ4n) is 2.81. The van der Waals surface area contributed by atoms with Crippen LogP contribution in [0.15, 0.2) is 24.3 Å². The molecule has 3 rings (SSSR count). The second-order valence-electron chi connectivity index (χ2n) is 5.86. The molecular formula is C16H19ClN2O2. The van der Waals surface area contributed by atoms with Gasteiger partial charge in [0.15, 0.2) is 0 Å². The SMILES string of the molecule is O=C(NCc1cccc(Cl)c1)[C@@H]1CCC(=O)N(C2CC2)C1. The minimum absolute atomic E-state index is 0.0353. The van der Waals surface area contributed by atoms with E-state index in [-0.39, 0.29) is 17.7 Å². The fourth-order valence-corrected chi connectivity index (χ4v) is 3.02. The van der Waals surface area contributed by atoms with Crippen LogP contribution in [0.4, 0.5) is 0 Å². The van der Waals surface area contributed by atoms with Crippen molar-refractivity contribution in [2.45, 2.75) is 38.3 Å². The van der Waals surface area contributed by atoms with Gasteiger partial charge in [0.1, 0.15) is 0 Å². The predicted octanol–water partition coefficient (Wildman–Crippen LogP) is 2.36. The summed E-state index contributed by atoms with van der Waals surface area (Å²) in [6.07, 6.45) is 3.32. The smallest absolute Gasteiger partial charge is 0.225 e. The summed E-state index contributed by atoms with van der Waals surface area (Å²) in [5.74, 6) is 0.159. The molecule has 1 aromatic carbocycles. The molecule has 1 aliphatic carbocycles. The van der Waals surface area contributed by atoms with E-state index in [2.05, 4.69) is 5.32 Å². The van der Waals surface area contributed by atoms with Gasteiger partial charge in [0, 0.05) is 30.6 Å². The molecule has 1 heterocycles. The molecule has 1 saturated carbocycles. The van der Waals surface area contributed by atoms with Crippen LogP contribution in [0, 0.1) is 5.92 Å². The average molecular weight is 307 g/mol. The number of rotatable bonds is 4. The summed E-state index contributed by atoms with van der Waals surface area (Å²) in [6, 6.07) is 7.86. The molecule has 0 radical (unpaired) electrons. The largest absolute Gasteiger partial charge is 0.352 e. The van der Waals surface area contributed by atoms with Crippen LogP contribution in [0.5, 0.6) is 0 Å². The molecule has 0 bridgehead atoms. The number of hydrogen-bond donors (Lipinski definition) is 1. The molecule has 1 aliphatic heterocycles. The van der Waals surface area contributed by atoms with Crippen molar-refractivity contribution in [3.63, 3.8) is 0 Å². The van der Waals surface area contributed by atoms with E-state index in [1.54, 1.807) is 0 Å². The first-order valence-electron chi connectivity index (χ1n) is 7.45. The Morgan fingerprint density at radius 3 is 2.86 bits per heavy atom. The minimum Gasteiger partial charge on any atom is -0.352 e. The van der Waals surface area contributed by atoms with Crippen molar-refractivity contribution in [3.8, 4) is 0 Å². The summed E-state index contributed by atoms with van der Waals surface area (Å²) in [7, 11) is 0. The van der Waals surface area contributed by atoms with Crippen LogP contribution in [0.1, 0.15) is 31.2 Å². The Hall–Kier alpha value is -1.55. The number of nitrogens with one attached hydrogen (secondary N) is 1. The van der Waals surface area contributed by atoms with Crippen molar-refractivity contribution in [1.82, 2.24) is 10.2 Å². The highest BCUT2D eigenvalue weighted by atomic mass is 35.5. The van der Waals surface area contributed by atoms with Gasteiger partial charge in [-0.1, -0.05) is 23.7 Å². The third kappa shape index (κ3) is 3.56. The Bertz CT molecular complexity index is 557. The van der Waals surface area contributed by atoms with Gasteiger partial charge in [-0.25, -0.2) is 0 Å². The highest BCUT2D eigenvalue weighted by molar-refractivity contribution is 6.30. The Kier molecular flexibility index (Phi) is 4.15. The van der Waals surface area contributed by atoms with Crippen LogP contribution in [0.2, 0.25) is 5.02 Å². The maximum atomic E-state index is 12.3. The van der Waals surface area contributed by atoms with Gasteiger partial charge >= 0.3 is 0 Å². The van der Waals surface area contributed by atoms with E-state index in [1.165, 1.54) is 0 Å². The number of hydrogen-bond acceptors (Lipinski definition) is 2. The Morgan fingerprint density at radius 1 is 1.33 bits per heavy atom. The second kappa shape index (κ2) is 6.06. The maximum absolute atomic E-state index is 12.3. The standard InChI is InChI=1S/C16H19ClN2O2/c17-13-3-1-2-11(8-13)9-18-16(21)12-4-7-15(20)19(10-12)14-5-6-14/h1-3,8,12,14H,4-7,9-10H2,(H,18,21)/t12-/m1/s1. The summed E-state index contributed by atoms with van der Waals surface area (Å²) in [6.45, 7) is 1.05. The van der Waals surface area contributed by atoms with Crippen LogP contribution in [-0.4, -0.2) is 29.3 Å². The fraction of sp³-hybridized carbons (Fsp3) is 0.500. The lowest BCUT2D eigenvalue weighted by molar-refractivity contribution is -0.138. The molecule has 112 valence electrons. The Morgan fingerprint density at radius 2 is 2.14 bits per heavy atom. The van der Waals surface area contributed by atoms with Crippen molar-refractivity contribution < 1.29 is 9.59 Å². The normalized spacial score (nSPS) is 22.2. The van der Waals surface area contributed by atoms with E-state index in [4.69, 9.17) is 11.6 Å². The van der Waals surface area contributed by atoms with Crippen LogP contribution in [0.3, 0.4) is 0 Å². The molecule has 2 fully saturated rings. The van der Waals surface area contributed by atoms with Crippen LogP contribution in [0.25, 0.3) is 0 Å². The molecule has 2 amide bonds. The van der Waals surface area contributed by atoms with Crippen molar-refractivity contribution >= 4 is 23.4 Å². The molecule has 2 aliphatic rings. The van der Waals surface area contributed by atoms with Gasteiger partial charge in [0.05, 0.1) is 5.92 Å². The van der Waals surface area contributed by atoms with E-state index >= 15 is 0 Å². The van der Waals surface area contributed by atoms with Gasteiger partial charge in [-0.2, -0.15) is 0 Å². The molecular weight excluding hydrogens is 288 g/mol. The summed E-state index contributed by atoms with van der Waals surface area (Å²) in [5, 5.41) is 3.63. The summed E-state index contributed by atoms with van der Waals surface area (Å²) in [4.78, 5) is 26.0. The highest BCUT2D eigenvalue weighted by Gasteiger charge is 2.38. The molecule has 5 heteroatoms.